The van der Waals surface area contributed by atoms with Gasteiger partial charge in [-0.2, -0.15) is 0 Å². The Kier molecular flexibility index (Phi) is 5.39. The Hall–Kier alpha value is -1.31. The molecule has 1 amide bonds. The fourth-order valence-electron chi connectivity index (χ4n) is 1.29. The maximum absolute atomic E-state index is 11.7. The van der Waals surface area contributed by atoms with Crippen LogP contribution >= 0.6 is 28.3 Å². The second-order valence-corrected chi connectivity index (χ2v) is 3.96. The summed E-state index contributed by atoms with van der Waals surface area (Å²) in [6.07, 6.45) is 1.20. The van der Waals surface area contributed by atoms with Crippen LogP contribution in [0.3, 0.4) is 0 Å². The summed E-state index contributed by atoms with van der Waals surface area (Å²) in [4.78, 5) is 15.6. The van der Waals surface area contributed by atoms with E-state index in [4.69, 9.17) is 14.6 Å². The van der Waals surface area contributed by atoms with Gasteiger partial charge in [-0.1, -0.05) is 0 Å². The molecule has 0 radical (unpaired) electrons. The molecule has 8 heteroatoms. The first kappa shape index (κ1) is 14.7. The zero-order chi connectivity index (χ0) is 12.3. The average Bonchev–Trinajstić information content (AvgIpc) is 2.93. The van der Waals surface area contributed by atoms with Crippen molar-refractivity contribution in [3.63, 3.8) is 0 Å². The van der Waals surface area contributed by atoms with Crippen molar-refractivity contribution in [2.24, 2.45) is 5.73 Å². The van der Waals surface area contributed by atoms with Crippen LogP contribution in [0.15, 0.2) is 32.0 Å². The summed E-state index contributed by atoms with van der Waals surface area (Å²) >= 11 is 3.18. The van der Waals surface area contributed by atoms with Crippen molar-refractivity contribution >= 4 is 34.2 Å². The standard InChI is InChI=1S/C10H10BrN3O3.ClH/c11-7-2-1-6(17-7)9-8(14-5-16-9)10(15)13-4-3-12;/h1-2,5H,3-4,12H2,(H,13,15);1H. The van der Waals surface area contributed by atoms with Crippen LogP contribution in [0.2, 0.25) is 0 Å². The highest BCUT2D eigenvalue weighted by atomic mass is 79.9. The third kappa shape index (κ3) is 3.12. The van der Waals surface area contributed by atoms with Gasteiger partial charge in [0.1, 0.15) is 0 Å². The lowest BCUT2D eigenvalue weighted by atomic mass is 10.2. The molecule has 0 unspecified atom stereocenters. The number of carbonyl (C=O) groups is 1. The van der Waals surface area contributed by atoms with Gasteiger partial charge in [0.15, 0.2) is 22.5 Å². The second kappa shape index (κ2) is 6.58. The molecule has 0 bridgehead atoms. The number of nitrogens with zero attached hydrogens (tertiary/aromatic N) is 1. The Morgan fingerprint density at radius 3 is 2.89 bits per heavy atom. The topological polar surface area (TPSA) is 94.3 Å². The molecule has 0 aliphatic carbocycles. The molecule has 0 aliphatic rings. The molecule has 0 aromatic carbocycles. The number of rotatable bonds is 4. The highest BCUT2D eigenvalue weighted by Crippen LogP contribution is 2.27. The van der Waals surface area contributed by atoms with Crippen LogP contribution in [0.5, 0.6) is 0 Å². The monoisotopic (exact) mass is 335 g/mol. The largest absolute Gasteiger partial charge is 0.446 e. The van der Waals surface area contributed by atoms with E-state index in [1.807, 2.05) is 0 Å². The van der Waals surface area contributed by atoms with E-state index in [0.717, 1.165) is 0 Å². The number of hydrogen-bond acceptors (Lipinski definition) is 5. The minimum absolute atomic E-state index is 0. The third-order valence-corrected chi connectivity index (χ3v) is 2.44. The summed E-state index contributed by atoms with van der Waals surface area (Å²) in [5.41, 5.74) is 5.48. The van der Waals surface area contributed by atoms with Crippen LogP contribution in [0, 0.1) is 0 Å². The first-order valence-corrected chi connectivity index (χ1v) is 5.69. The molecule has 0 atom stereocenters. The first-order valence-electron chi connectivity index (χ1n) is 4.90. The average molecular weight is 337 g/mol. The highest BCUT2D eigenvalue weighted by Gasteiger charge is 2.20. The van der Waals surface area contributed by atoms with Crippen molar-refractivity contribution in [1.82, 2.24) is 10.3 Å². The first-order chi connectivity index (χ1) is 8.22. The molecule has 98 valence electrons. The molecule has 2 aromatic heterocycles. The van der Waals surface area contributed by atoms with Gasteiger partial charge in [-0.3, -0.25) is 4.79 Å². The van der Waals surface area contributed by atoms with Crippen molar-refractivity contribution in [2.45, 2.75) is 0 Å². The van der Waals surface area contributed by atoms with E-state index in [9.17, 15) is 4.79 Å². The van der Waals surface area contributed by atoms with Crippen LogP contribution in [0.4, 0.5) is 0 Å². The van der Waals surface area contributed by atoms with E-state index < -0.39 is 0 Å². The fourth-order valence-corrected chi connectivity index (χ4v) is 1.60. The van der Waals surface area contributed by atoms with Gasteiger partial charge in [-0.15, -0.1) is 12.4 Å². The Balaban J connectivity index is 0.00000162. The van der Waals surface area contributed by atoms with Gasteiger partial charge in [0, 0.05) is 13.1 Å². The van der Waals surface area contributed by atoms with E-state index in [-0.39, 0.29) is 24.0 Å². The summed E-state index contributed by atoms with van der Waals surface area (Å²) in [5.74, 6) is 0.393. The number of amides is 1. The Morgan fingerprint density at radius 1 is 1.50 bits per heavy atom. The van der Waals surface area contributed by atoms with Gasteiger partial charge in [-0.05, 0) is 28.1 Å². The molecule has 0 spiro atoms. The molecular formula is C10H11BrClN3O3. The molecule has 2 aromatic rings. The Morgan fingerprint density at radius 2 is 2.28 bits per heavy atom. The number of nitrogens with one attached hydrogen (secondary N) is 1. The van der Waals surface area contributed by atoms with Gasteiger partial charge in [0.05, 0.1) is 0 Å². The molecule has 0 saturated carbocycles. The third-order valence-electron chi connectivity index (χ3n) is 2.01. The van der Waals surface area contributed by atoms with Crippen LogP contribution in [-0.4, -0.2) is 24.0 Å². The van der Waals surface area contributed by atoms with Gasteiger partial charge in [0.2, 0.25) is 5.76 Å². The van der Waals surface area contributed by atoms with Gasteiger partial charge in [-0.25, -0.2) is 4.98 Å². The van der Waals surface area contributed by atoms with Crippen molar-refractivity contribution in [3.8, 4) is 11.5 Å². The summed E-state index contributed by atoms with van der Waals surface area (Å²) in [6, 6.07) is 3.39. The van der Waals surface area contributed by atoms with E-state index in [2.05, 4.69) is 26.2 Å². The van der Waals surface area contributed by atoms with Gasteiger partial charge in [0.25, 0.3) is 5.91 Å². The number of oxazole rings is 1. The Bertz CT molecular complexity index is 526. The summed E-state index contributed by atoms with van der Waals surface area (Å²) in [7, 11) is 0. The van der Waals surface area contributed by atoms with Crippen LogP contribution in [0.1, 0.15) is 10.5 Å². The van der Waals surface area contributed by atoms with Crippen molar-refractivity contribution < 1.29 is 13.6 Å². The number of furan rings is 1. The zero-order valence-corrected chi connectivity index (χ0v) is 11.6. The molecule has 2 rings (SSSR count). The molecule has 3 N–H and O–H groups in total. The van der Waals surface area contributed by atoms with Crippen LogP contribution < -0.4 is 11.1 Å². The molecular weight excluding hydrogens is 325 g/mol. The van der Waals surface area contributed by atoms with E-state index >= 15 is 0 Å². The van der Waals surface area contributed by atoms with Gasteiger partial charge < -0.3 is 19.9 Å². The number of carbonyl (C=O) groups excluding carboxylic acids is 1. The summed E-state index contributed by atoms with van der Waals surface area (Å²) in [5, 5.41) is 2.61. The minimum atomic E-state index is -0.341. The summed E-state index contributed by atoms with van der Waals surface area (Å²) < 4.78 is 11.0. The van der Waals surface area contributed by atoms with Crippen molar-refractivity contribution in [2.75, 3.05) is 13.1 Å². The summed E-state index contributed by atoms with van der Waals surface area (Å²) in [6.45, 7) is 0.748. The van der Waals surface area contributed by atoms with E-state index in [1.54, 1.807) is 12.1 Å². The Labute approximate surface area is 117 Å². The maximum Gasteiger partial charge on any atom is 0.274 e. The van der Waals surface area contributed by atoms with Crippen molar-refractivity contribution in [1.29, 1.82) is 0 Å². The molecule has 0 fully saturated rings. The van der Waals surface area contributed by atoms with Crippen LogP contribution in [-0.2, 0) is 0 Å². The van der Waals surface area contributed by atoms with Gasteiger partial charge >= 0.3 is 0 Å². The number of aromatic nitrogens is 1. The zero-order valence-electron chi connectivity index (χ0n) is 9.18. The highest BCUT2D eigenvalue weighted by molar-refractivity contribution is 9.10. The van der Waals surface area contributed by atoms with Crippen LogP contribution in [0.25, 0.3) is 11.5 Å². The molecule has 6 nitrogen and oxygen atoms in total. The lowest BCUT2D eigenvalue weighted by Crippen LogP contribution is -2.29. The smallest absolute Gasteiger partial charge is 0.274 e. The molecule has 0 aliphatic heterocycles. The lowest BCUT2D eigenvalue weighted by molar-refractivity contribution is 0.0950. The molecule has 2 heterocycles. The number of nitrogens with two attached hydrogens (primary N) is 1. The van der Waals surface area contributed by atoms with E-state index in [0.29, 0.717) is 29.3 Å². The van der Waals surface area contributed by atoms with E-state index in [1.165, 1.54) is 6.39 Å². The van der Waals surface area contributed by atoms with Crippen molar-refractivity contribution in [3.05, 3.63) is 28.9 Å². The maximum atomic E-state index is 11.7. The number of halogens is 2. The molecule has 0 saturated heterocycles. The predicted octanol–water partition coefficient (Wildman–Crippen LogP) is 1.81. The lowest BCUT2D eigenvalue weighted by Gasteiger charge is -2.00. The minimum Gasteiger partial charge on any atom is -0.446 e. The quantitative estimate of drug-likeness (QED) is 0.888. The normalized spacial score (nSPS) is 9.89. The number of hydrogen-bond donors (Lipinski definition) is 2. The fraction of sp³-hybridized carbons (Fsp3) is 0.200. The second-order valence-electron chi connectivity index (χ2n) is 3.18. The SMILES string of the molecule is Cl.NCCNC(=O)c1ncoc1-c1ccc(Br)o1. The predicted molar refractivity (Wildman–Crippen MR) is 70.5 cm³/mol. The molecule has 18 heavy (non-hydrogen) atoms.